The van der Waals surface area contributed by atoms with Gasteiger partial charge in [0.05, 0.1) is 22.6 Å². The van der Waals surface area contributed by atoms with E-state index in [1.165, 1.54) is 5.56 Å². The van der Waals surface area contributed by atoms with E-state index in [1.54, 1.807) is 0 Å². The highest BCUT2D eigenvalue weighted by atomic mass is 16.3. The normalized spacial score (nSPS) is 27.1. The molecule has 2 fully saturated rings. The summed E-state index contributed by atoms with van der Waals surface area (Å²) in [5, 5.41) is 20.5. The highest BCUT2D eigenvalue weighted by Crippen LogP contribution is 2.47. The van der Waals surface area contributed by atoms with Gasteiger partial charge in [-0.05, 0) is 85.5 Å². The minimum absolute atomic E-state index is 0.0722. The van der Waals surface area contributed by atoms with Crippen LogP contribution >= 0.6 is 0 Å². The highest BCUT2D eigenvalue weighted by molar-refractivity contribution is 5.50. The van der Waals surface area contributed by atoms with Crippen LogP contribution in [0.3, 0.4) is 0 Å². The number of carbonyl (C=O) groups is 1. The largest absolute Gasteiger partial charge is 0.388 e. The Morgan fingerprint density at radius 1 is 1.03 bits per heavy atom. The van der Waals surface area contributed by atoms with Gasteiger partial charge in [-0.1, -0.05) is 30.3 Å². The van der Waals surface area contributed by atoms with Crippen LogP contribution in [-0.4, -0.2) is 78.1 Å². The van der Waals surface area contributed by atoms with Gasteiger partial charge in [-0.25, -0.2) is 0 Å². The van der Waals surface area contributed by atoms with E-state index in [4.69, 9.17) is 0 Å². The van der Waals surface area contributed by atoms with Crippen molar-refractivity contribution in [2.45, 2.75) is 75.5 Å². The van der Waals surface area contributed by atoms with E-state index in [2.05, 4.69) is 60.3 Å². The van der Waals surface area contributed by atoms with Crippen LogP contribution in [-0.2, 0) is 10.3 Å². The molecule has 3 rings (SSSR count). The number of nitrogens with zero attached hydrogens (tertiary/aromatic N) is 4. The van der Waals surface area contributed by atoms with E-state index in [1.807, 2.05) is 25.8 Å². The standard InChI is InChI=1S/C27H42N4O2/c1-24(2,18-28)19-30(5)20-25(31(22-32)21-26(33)12-9-13-26)14-16-27(17-15-25,29(3)4)23-10-7-6-8-11-23/h6-8,10-11,22,33H,9,12-17,19-21H2,1-5H3. The molecule has 1 amide bonds. The van der Waals surface area contributed by atoms with Crippen LogP contribution in [0.1, 0.15) is 64.4 Å². The van der Waals surface area contributed by atoms with Crippen LogP contribution in [0.15, 0.2) is 30.3 Å². The van der Waals surface area contributed by atoms with Gasteiger partial charge in [-0.3, -0.25) is 9.69 Å². The topological polar surface area (TPSA) is 70.8 Å². The zero-order valence-electron chi connectivity index (χ0n) is 21.2. The molecule has 2 aliphatic carbocycles. The maximum Gasteiger partial charge on any atom is 0.210 e. The zero-order valence-corrected chi connectivity index (χ0v) is 21.2. The van der Waals surface area contributed by atoms with E-state index in [0.29, 0.717) is 19.6 Å². The van der Waals surface area contributed by atoms with Crippen LogP contribution in [0, 0.1) is 16.7 Å². The second-order valence-electron chi connectivity index (χ2n) is 11.5. The number of hydrogen-bond acceptors (Lipinski definition) is 5. The SMILES string of the molecule is CN(CC(C)(C)C#N)CC1(N(C=O)CC2(O)CCC2)CCC(c2ccccc2)(N(C)C)CC1. The van der Waals surface area contributed by atoms with E-state index in [0.717, 1.165) is 51.4 Å². The number of carbonyl (C=O) groups excluding carboxylic acids is 1. The molecule has 0 heterocycles. The van der Waals surface area contributed by atoms with Gasteiger partial charge in [0.15, 0.2) is 0 Å². The summed E-state index contributed by atoms with van der Waals surface area (Å²) in [5.41, 5.74) is -0.328. The number of hydrogen-bond donors (Lipinski definition) is 1. The first-order valence-electron chi connectivity index (χ1n) is 12.3. The number of rotatable bonds is 10. The molecular weight excluding hydrogens is 412 g/mol. The summed E-state index contributed by atoms with van der Waals surface area (Å²) in [7, 11) is 6.35. The molecule has 0 radical (unpaired) electrons. The third kappa shape index (κ3) is 5.42. The molecule has 0 saturated heterocycles. The van der Waals surface area contributed by atoms with Crippen LogP contribution in [0.4, 0.5) is 0 Å². The smallest absolute Gasteiger partial charge is 0.210 e. The molecule has 6 nitrogen and oxygen atoms in total. The fourth-order valence-electron chi connectivity index (χ4n) is 6.05. The monoisotopic (exact) mass is 454 g/mol. The first kappa shape index (κ1) is 25.7. The molecule has 182 valence electrons. The summed E-state index contributed by atoms with van der Waals surface area (Å²) in [6, 6.07) is 13.1. The molecule has 0 aromatic heterocycles. The maximum absolute atomic E-state index is 12.4. The second kappa shape index (κ2) is 9.74. The Kier molecular flexibility index (Phi) is 7.58. The lowest BCUT2D eigenvalue weighted by Crippen LogP contribution is -2.63. The predicted molar refractivity (Wildman–Crippen MR) is 131 cm³/mol. The molecule has 0 atom stereocenters. The van der Waals surface area contributed by atoms with Gasteiger partial charge in [0.25, 0.3) is 0 Å². The molecule has 33 heavy (non-hydrogen) atoms. The van der Waals surface area contributed by atoms with Gasteiger partial charge in [-0.2, -0.15) is 5.26 Å². The average molecular weight is 455 g/mol. The van der Waals surface area contributed by atoms with Crippen molar-refractivity contribution in [2.75, 3.05) is 40.8 Å². The number of likely N-dealkylation sites (N-methyl/N-ethyl adjacent to an activating group) is 1. The Labute approximate surface area is 200 Å². The van der Waals surface area contributed by atoms with Crippen molar-refractivity contribution in [3.8, 4) is 6.07 Å². The molecular formula is C27H42N4O2. The van der Waals surface area contributed by atoms with Gasteiger partial charge >= 0.3 is 0 Å². The molecule has 0 unspecified atom stereocenters. The Morgan fingerprint density at radius 3 is 2.09 bits per heavy atom. The second-order valence-corrected chi connectivity index (χ2v) is 11.5. The molecule has 0 spiro atoms. The van der Waals surface area contributed by atoms with Gasteiger partial charge in [0, 0.05) is 25.2 Å². The Bertz CT molecular complexity index is 833. The van der Waals surface area contributed by atoms with Gasteiger partial charge in [-0.15, -0.1) is 0 Å². The van der Waals surface area contributed by atoms with Crippen molar-refractivity contribution < 1.29 is 9.90 Å². The minimum atomic E-state index is -0.756. The average Bonchev–Trinajstić information content (AvgIpc) is 2.76. The van der Waals surface area contributed by atoms with E-state index >= 15 is 0 Å². The molecule has 1 aromatic rings. The Balaban J connectivity index is 1.89. The fourth-order valence-corrected chi connectivity index (χ4v) is 6.05. The first-order valence-corrected chi connectivity index (χ1v) is 12.3. The number of benzene rings is 1. The Hall–Kier alpha value is -1.94. The summed E-state index contributed by atoms with van der Waals surface area (Å²) >= 11 is 0. The number of nitriles is 1. The van der Waals surface area contributed by atoms with E-state index in [-0.39, 0.29) is 11.1 Å². The quantitative estimate of drug-likeness (QED) is 0.547. The molecule has 2 aliphatic rings. The van der Waals surface area contributed by atoms with Gasteiger partial charge in [0.2, 0.25) is 6.41 Å². The van der Waals surface area contributed by atoms with Crippen LogP contribution in [0.2, 0.25) is 0 Å². The van der Waals surface area contributed by atoms with Crippen molar-refractivity contribution in [2.24, 2.45) is 5.41 Å². The maximum atomic E-state index is 12.4. The predicted octanol–water partition coefficient (Wildman–Crippen LogP) is 3.61. The minimum Gasteiger partial charge on any atom is -0.388 e. The van der Waals surface area contributed by atoms with Crippen LogP contribution in [0.5, 0.6) is 0 Å². The summed E-state index contributed by atoms with van der Waals surface area (Å²) < 4.78 is 0. The Morgan fingerprint density at radius 2 is 1.64 bits per heavy atom. The highest BCUT2D eigenvalue weighted by Gasteiger charge is 2.50. The third-order valence-corrected chi connectivity index (χ3v) is 8.19. The lowest BCUT2D eigenvalue weighted by Gasteiger charge is -2.55. The summed E-state index contributed by atoms with van der Waals surface area (Å²) in [6.45, 7) is 5.65. The van der Waals surface area contributed by atoms with Crippen molar-refractivity contribution in [1.82, 2.24) is 14.7 Å². The van der Waals surface area contributed by atoms with Crippen molar-refractivity contribution in [3.05, 3.63) is 35.9 Å². The molecule has 0 aliphatic heterocycles. The fraction of sp³-hybridized carbons (Fsp3) is 0.704. The van der Waals surface area contributed by atoms with Gasteiger partial charge < -0.3 is 14.9 Å². The van der Waals surface area contributed by atoms with Gasteiger partial charge in [0.1, 0.15) is 0 Å². The summed E-state index contributed by atoms with van der Waals surface area (Å²) in [4.78, 5) is 18.9. The molecule has 2 saturated carbocycles. The lowest BCUT2D eigenvalue weighted by atomic mass is 9.67. The molecule has 6 heteroatoms. The third-order valence-electron chi connectivity index (χ3n) is 8.19. The van der Waals surface area contributed by atoms with E-state index in [9.17, 15) is 15.2 Å². The summed E-state index contributed by atoms with van der Waals surface area (Å²) in [6.07, 6.45) is 7.07. The molecule has 0 bridgehead atoms. The number of amides is 1. The lowest BCUT2D eigenvalue weighted by molar-refractivity contribution is -0.141. The van der Waals surface area contributed by atoms with Crippen molar-refractivity contribution in [1.29, 1.82) is 5.26 Å². The van der Waals surface area contributed by atoms with Crippen molar-refractivity contribution in [3.63, 3.8) is 0 Å². The summed E-state index contributed by atoms with van der Waals surface area (Å²) in [5.74, 6) is 0. The number of aliphatic hydroxyl groups is 1. The molecule has 1 aromatic carbocycles. The first-order chi connectivity index (χ1) is 15.5. The molecule has 1 N–H and O–H groups in total. The zero-order chi connectivity index (χ0) is 24.3. The number of β-amino-alcohol motifs (C(OH)–C–C–N with tert-alkyl or cyclic N) is 1. The van der Waals surface area contributed by atoms with Crippen LogP contribution in [0.25, 0.3) is 0 Å². The van der Waals surface area contributed by atoms with Crippen molar-refractivity contribution >= 4 is 6.41 Å². The van der Waals surface area contributed by atoms with E-state index < -0.39 is 11.0 Å². The van der Waals surface area contributed by atoms with Crippen LogP contribution < -0.4 is 0 Å².